The van der Waals surface area contributed by atoms with Gasteiger partial charge in [-0.15, -0.1) is 0 Å². The molecule has 0 aliphatic carbocycles. The highest BCUT2D eigenvalue weighted by molar-refractivity contribution is 5.71. The van der Waals surface area contributed by atoms with E-state index in [1.54, 1.807) is 7.11 Å². The lowest BCUT2D eigenvalue weighted by Crippen LogP contribution is -2.26. The highest BCUT2D eigenvalue weighted by Crippen LogP contribution is 2.21. The van der Waals surface area contributed by atoms with E-state index in [0.717, 1.165) is 11.3 Å². The van der Waals surface area contributed by atoms with Crippen molar-refractivity contribution in [2.75, 3.05) is 7.11 Å². The summed E-state index contributed by atoms with van der Waals surface area (Å²) in [4.78, 5) is 11.7. The summed E-state index contributed by atoms with van der Waals surface area (Å²) in [7, 11) is 1.60. The molecule has 1 atom stereocenters. The Morgan fingerprint density at radius 3 is 2.61 bits per heavy atom. The van der Waals surface area contributed by atoms with Crippen LogP contribution in [0.3, 0.4) is 0 Å². The van der Waals surface area contributed by atoms with Gasteiger partial charge in [-0.1, -0.05) is 12.1 Å². The van der Waals surface area contributed by atoms with Gasteiger partial charge in [0.1, 0.15) is 11.4 Å². The van der Waals surface area contributed by atoms with Crippen LogP contribution in [0.4, 0.5) is 0 Å². The zero-order chi connectivity index (χ0) is 13.8. The van der Waals surface area contributed by atoms with Gasteiger partial charge in [0, 0.05) is 6.04 Å². The van der Waals surface area contributed by atoms with Crippen LogP contribution in [0.5, 0.6) is 5.75 Å². The minimum atomic E-state index is -0.481. The molecule has 0 amide bonds. The molecule has 0 aromatic heterocycles. The summed E-state index contributed by atoms with van der Waals surface area (Å²) in [6.07, 6.45) is 0.157. The molecule has 100 valence electrons. The van der Waals surface area contributed by atoms with Crippen LogP contribution in [0.25, 0.3) is 0 Å². The number of hydrogen-bond donors (Lipinski definition) is 1. The third kappa shape index (κ3) is 4.75. The highest BCUT2D eigenvalue weighted by atomic mass is 16.6. The van der Waals surface area contributed by atoms with E-state index < -0.39 is 5.60 Å². The van der Waals surface area contributed by atoms with Crippen molar-refractivity contribution >= 4 is 5.97 Å². The maximum atomic E-state index is 11.7. The lowest BCUT2D eigenvalue weighted by atomic mass is 10.0. The molecule has 1 aromatic carbocycles. The van der Waals surface area contributed by atoms with Crippen LogP contribution < -0.4 is 10.5 Å². The first-order chi connectivity index (χ1) is 8.31. The molecule has 4 heteroatoms. The lowest BCUT2D eigenvalue weighted by molar-refractivity contribution is -0.155. The summed E-state index contributed by atoms with van der Waals surface area (Å²) in [6.45, 7) is 5.51. The minimum Gasteiger partial charge on any atom is -0.497 e. The molecule has 0 bridgehead atoms. The summed E-state index contributed by atoms with van der Waals surface area (Å²) in [5, 5.41) is 0. The number of rotatable bonds is 4. The van der Waals surface area contributed by atoms with Crippen LogP contribution >= 0.6 is 0 Å². The molecule has 1 rings (SSSR count). The molecule has 0 aliphatic rings. The molecular weight excluding hydrogens is 230 g/mol. The average Bonchev–Trinajstić information content (AvgIpc) is 2.26. The summed E-state index contributed by atoms with van der Waals surface area (Å²) in [6, 6.07) is 7.01. The molecule has 0 fully saturated rings. The Kier molecular flexibility index (Phi) is 4.73. The second kappa shape index (κ2) is 5.87. The number of carbonyl (C=O) groups excluding carboxylic acids is 1. The van der Waals surface area contributed by atoms with E-state index in [0.29, 0.717) is 0 Å². The third-order valence-electron chi connectivity index (χ3n) is 2.33. The number of carbonyl (C=O) groups is 1. The van der Waals surface area contributed by atoms with Gasteiger partial charge < -0.3 is 15.2 Å². The first kappa shape index (κ1) is 14.5. The Bertz CT molecular complexity index is 410. The molecule has 18 heavy (non-hydrogen) atoms. The number of methoxy groups -OCH3 is 1. The smallest absolute Gasteiger partial charge is 0.308 e. The van der Waals surface area contributed by atoms with Crippen molar-refractivity contribution in [3.05, 3.63) is 29.8 Å². The topological polar surface area (TPSA) is 61.5 Å². The van der Waals surface area contributed by atoms with Gasteiger partial charge in [-0.05, 0) is 38.5 Å². The van der Waals surface area contributed by atoms with E-state index in [1.165, 1.54) is 0 Å². The predicted molar refractivity (Wildman–Crippen MR) is 70.4 cm³/mol. The molecule has 0 heterocycles. The summed E-state index contributed by atoms with van der Waals surface area (Å²) in [5.41, 5.74) is 6.36. The first-order valence-electron chi connectivity index (χ1n) is 5.93. The van der Waals surface area contributed by atoms with Crippen LogP contribution in [0, 0.1) is 0 Å². The Morgan fingerprint density at radius 1 is 1.39 bits per heavy atom. The molecule has 0 aliphatic heterocycles. The molecule has 0 spiro atoms. The quantitative estimate of drug-likeness (QED) is 0.835. The molecule has 1 unspecified atom stereocenters. The molecule has 4 nitrogen and oxygen atoms in total. The molecule has 2 N–H and O–H groups in total. The van der Waals surface area contributed by atoms with Crippen molar-refractivity contribution in [2.45, 2.75) is 38.8 Å². The largest absolute Gasteiger partial charge is 0.497 e. The van der Waals surface area contributed by atoms with E-state index in [9.17, 15) is 4.79 Å². The zero-order valence-corrected chi connectivity index (χ0v) is 11.4. The summed E-state index contributed by atoms with van der Waals surface area (Å²) in [5.74, 6) is 0.435. The van der Waals surface area contributed by atoms with Crippen LogP contribution in [-0.4, -0.2) is 18.7 Å². The van der Waals surface area contributed by atoms with Gasteiger partial charge in [-0.2, -0.15) is 0 Å². The Hall–Kier alpha value is -1.55. The number of hydrogen-bond acceptors (Lipinski definition) is 4. The SMILES string of the molecule is COc1cccc(C(N)CC(=O)OC(C)(C)C)c1. The molecule has 0 saturated carbocycles. The fourth-order valence-electron chi connectivity index (χ4n) is 1.55. The average molecular weight is 251 g/mol. The fourth-order valence-corrected chi connectivity index (χ4v) is 1.55. The van der Waals surface area contributed by atoms with Gasteiger partial charge in [0.15, 0.2) is 0 Å². The van der Waals surface area contributed by atoms with E-state index in [2.05, 4.69) is 0 Å². The van der Waals surface area contributed by atoms with Crippen molar-refractivity contribution in [3.8, 4) is 5.75 Å². The van der Waals surface area contributed by atoms with Gasteiger partial charge in [0.05, 0.1) is 13.5 Å². The first-order valence-corrected chi connectivity index (χ1v) is 5.93. The summed E-state index contributed by atoms with van der Waals surface area (Å²) >= 11 is 0. The normalized spacial score (nSPS) is 12.9. The zero-order valence-electron chi connectivity index (χ0n) is 11.4. The summed E-state index contributed by atoms with van der Waals surface area (Å²) < 4.78 is 10.4. The van der Waals surface area contributed by atoms with Gasteiger partial charge in [0.2, 0.25) is 0 Å². The van der Waals surface area contributed by atoms with Gasteiger partial charge >= 0.3 is 5.97 Å². The maximum absolute atomic E-state index is 11.7. The van der Waals surface area contributed by atoms with Crippen molar-refractivity contribution in [3.63, 3.8) is 0 Å². The van der Waals surface area contributed by atoms with Crippen molar-refractivity contribution in [1.82, 2.24) is 0 Å². The number of esters is 1. The van der Waals surface area contributed by atoms with E-state index in [1.807, 2.05) is 45.0 Å². The molecule has 1 aromatic rings. The highest BCUT2D eigenvalue weighted by Gasteiger charge is 2.19. The van der Waals surface area contributed by atoms with E-state index in [-0.39, 0.29) is 18.4 Å². The number of ether oxygens (including phenoxy) is 2. The third-order valence-corrected chi connectivity index (χ3v) is 2.33. The van der Waals surface area contributed by atoms with Crippen LogP contribution in [0.15, 0.2) is 24.3 Å². The van der Waals surface area contributed by atoms with E-state index in [4.69, 9.17) is 15.2 Å². The lowest BCUT2D eigenvalue weighted by Gasteiger charge is -2.21. The molecular formula is C14H21NO3. The predicted octanol–water partition coefficient (Wildman–Crippen LogP) is 2.43. The van der Waals surface area contributed by atoms with Crippen molar-refractivity contribution < 1.29 is 14.3 Å². The Balaban J connectivity index is 2.64. The van der Waals surface area contributed by atoms with Crippen LogP contribution in [-0.2, 0) is 9.53 Å². The van der Waals surface area contributed by atoms with Gasteiger partial charge in [-0.25, -0.2) is 0 Å². The van der Waals surface area contributed by atoms with Crippen molar-refractivity contribution in [2.24, 2.45) is 5.73 Å². The maximum Gasteiger partial charge on any atom is 0.308 e. The second-order valence-corrected chi connectivity index (χ2v) is 5.17. The fraction of sp³-hybridized carbons (Fsp3) is 0.500. The monoisotopic (exact) mass is 251 g/mol. The minimum absolute atomic E-state index is 0.157. The van der Waals surface area contributed by atoms with Gasteiger partial charge in [0.25, 0.3) is 0 Å². The van der Waals surface area contributed by atoms with E-state index >= 15 is 0 Å². The number of benzene rings is 1. The van der Waals surface area contributed by atoms with Gasteiger partial charge in [-0.3, -0.25) is 4.79 Å². The number of nitrogens with two attached hydrogens (primary N) is 1. The Labute approximate surface area is 108 Å². The Morgan fingerprint density at radius 2 is 2.06 bits per heavy atom. The second-order valence-electron chi connectivity index (χ2n) is 5.17. The van der Waals surface area contributed by atoms with Crippen molar-refractivity contribution in [1.29, 1.82) is 0 Å². The van der Waals surface area contributed by atoms with Crippen LogP contribution in [0.2, 0.25) is 0 Å². The standard InChI is InChI=1S/C14H21NO3/c1-14(2,3)18-13(16)9-12(15)10-6-5-7-11(8-10)17-4/h5-8,12H,9,15H2,1-4H3. The molecule has 0 saturated heterocycles. The van der Waals surface area contributed by atoms with Crippen LogP contribution in [0.1, 0.15) is 38.8 Å². The molecule has 0 radical (unpaired) electrons.